The Labute approximate surface area is 607 Å². The van der Waals surface area contributed by atoms with Crippen LogP contribution in [-0.2, 0) is 65.4 Å². The fourth-order valence-electron chi connectivity index (χ4n) is 12.3. The predicted octanol–water partition coefficient (Wildman–Crippen LogP) is 23.9. The highest BCUT2D eigenvalue weighted by atomic mass is 31.2. The van der Waals surface area contributed by atoms with E-state index in [0.717, 1.165) is 108 Å². The van der Waals surface area contributed by atoms with Crippen LogP contribution in [0, 0.1) is 11.8 Å². The van der Waals surface area contributed by atoms with E-state index in [1.807, 2.05) is 0 Å². The van der Waals surface area contributed by atoms with Crippen molar-refractivity contribution in [1.82, 2.24) is 0 Å². The largest absolute Gasteiger partial charge is 0.472 e. The maximum atomic E-state index is 13.1. The molecule has 0 aromatic heterocycles. The fraction of sp³-hybridized carbons (Fsp3) is 0.950. The summed E-state index contributed by atoms with van der Waals surface area (Å²) in [4.78, 5) is 72.9. The van der Waals surface area contributed by atoms with Crippen LogP contribution in [-0.4, -0.2) is 96.7 Å². The lowest BCUT2D eigenvalue weighted by Crippen LogP contribution is -2.30. The zero-order valence-corrected chi connectivity index (χ0v) is 66.6. The van der Waals surface area contributed by atoms with E-state index in [1.165, 1.54) is 231 Å². The van der Waals surface area contributed by atoms with E-state index in [1.54, 1.807) is 0 Å². The summed E-state index contributed by atoms with van der Waals surface area (Å²) in [7, 11) is -9.92. The molecule has 0 aliphatic heterocycles. The standard InChI is InChI=1S/C80H156O17P2/c1-7-10-12-14-16-18-20-21-22-23-24-25-26-29-33-37-41-45-53-59-65-80(85)96-75(68-90-77(82)62-56-50-43-39-36-32-30-27-28-31-35-38-42-48-54-60-72(4)5)70-94-98(86,87)92-66-74(81)67-93-99(88,89)95-71-76(69-91-78(83)63-57-51-47-46-49-55-61-73(6)9-3)97-79(84)64-58-52-44-40-34-19-17-15-13-11-8-2/h72-76,81H,7-71H2,1-6H3,(H,86,87)(H,88,89)/t73?,74-,75-,76-/m1/s1. The summed E-state index contributed by atoms with van der Waals surface area (Å²) in [6, 6.07) is 0. The van der Waals surface area contributed by atoms with Crippen LogP contribution in [0.1, 0.15) is 420 Å². The van der Waals surface area contributed by atoms with E-state index in [0.29, 0.717) is 25.7 Å². The Morgan fingerprint density at radius 3 is 0.768 bits per heavy atom. The van der Waals surface area contributed by atoms with Gasteiger partial charge < -0.3 is 33.8 Å². The number of phosphoric ester groups is 2. The van der Waals surface area contributed by atoms with Gasteiger partial charge in [-0.15, -0.1) is 0 Å². The van der Waals surface area contributed by atoms with Crippen molar-refractivity contribution in [2.75, 3.05) is 39.6 Å². The third kappa shape index (κ3) is 72.8. The summed E-state index contributed by atoms with van der Waals surface area (Å²) >= 11 is 0. The van der Waals surface area contributed by atoms with E-state index in [4.69, 9.17) is 37.0 Å². The van der Waals surface area contributed by atoms with Crippen LogP contribution in [0.2, 0.25) is 0 Å². The Morgan fingerprint density at radius 1 is 0.293 bits per heavy atom. The molecule has 0 aromatic rings. The first-order valence-corrected chi connectivity index (χ1v) is 44.5. The Balaban J connectivity index is 5.21. The zero-order chi connectivity index (χ0) is 72.8. The van der Waals surface area contributed by atoms with Gasteiger partial charge in [0.05, 0.1) is 26.4 Å². The lowest BCUT2D eigenvalue weighted by Gasteiger charge is -2.21. The number of hydrogen-bond donors (Lipinski definition) is 3. The van der Waals surface area contributed by atoms with Gasteiger partial charge in [0.2, 0.25) is 0 Å². The van der Waals surface area contributed by atoms with E-state index in [2.05, 4.69) is 41.5 Å². The molecule has 0 amide bonds. The topological polar surface area (TPSA) is 237 Å². The molecule has 17 nitrogen and oxygen atoms in total. The minimum absolute atomic E-state index is 0.106. The summed E-state index contributed by atoms with van der Waals surface area (Å²) in [6.45, 7) is 9.61. The third-order valence-corrected chi connectivity index (χ3v) is 21.0. The van der Waals surface area contributed by atoms with Gasteiger partial charge in [0, 0.05) is 25.7 Å². The normalized spacial score (nSPS) is 14.2. The molecule has 0 bridgehead atoms. The van der Waals surface area contributed by atoms with Crippen molar-refractivity contribution in [3.63, 3.8) is 0 Å². The Bertz CT molecular complexity index is 1910. The van der Waals surface area contributed by atoms with Crippen molar-refractivity contribution in [3.8, 4) is 0 Å². The molecule has 0 spiro atoms. The molecule has 0 saturated heterocycles. The average molecular weight is 1450 g/mol. The van der Waals surface area contributed by atoms with Crippen LogP contribution >= 0.6 is 15.6 Å². The van der Waals surface area contributed by atoms with Crippen LogP contribution < -0.4 is 0 Å². The second-order valence-corrected chi connectivity index (χ2v) is 32.4. The van der Waals surface area contributed by atoms with E-state index >= 15 is 0 Å². The van der Waals surface area contributed by atoms with Gasteiger partial charge in [0.25, 0.3) is 0 Å². The molecule has 0 heterocycles. The first-order valence-electron chi connectivity index (χ1n) is 41.5. The van der Waals surface area contributed by atoms with Crippen LogP contribution in [0.25, 0.3) is 0 Å². The number of aliphatic hydroxyl groups excluding tert-OH is 1. The first-order chi connectivity index (χ1) is 47.9. The summed E-state index contributed by atoms with van der Waals surface area (Å²) in [6.07, 6.45) is 61.1. The molecule has 0 saturated carbocycles. The van der Waals surface area contributed by atoms with Crippen molar-refractivity contribution in [2.24, 2.45) is 11.8 Å². The number of phosphoric acid groups is 2. The summed E-state index contributed by atoms with van der Waals surface area (Å²) in [5.41, 5.74) is 0. The molecule has 588 valence electrons. The second kappa shape index (κ2) is 71.7. The monoisotopic (exact) mass is 1450 g/mol. The number of unbranched alkanes of at least 4 members (excludes halogenated alkanes) is 48. The number of hydrogen-bond acceptors (Lipinski definition) is 15. The number of esters is 4. The van der Waals surface area contributed by atoms with Crippen LogP contribution in [0.15, 0.2) is 0 Å². The van der Waals surface area contributed by atoms with Gasteiger partial charge in [-0.1, -0.05) is 369 Å². The van der Waals surface area contributed by atoms with Crippen LogP contribution in [0.4, 0.5) is 0 Å². The van der Waals surface area contributed by atoms with E-state index < -0.39 is 97.5 Å². The highest BCUT2D eigenvalue weighted by Gasteiger charge is 2.30. The molecule has 99 heavy (non-hydrogen) atoms. The number of carbonyl (C=O) groups excluding carboxylic acids is 4. The fourth-order valence-corrected chi connectivity index (χ4v) is 13.9. The molecule has 0 rings (SSSR count). The highest BCUT2D eigenvalue weighted by molar-refractivity contribution is 7.47. The molecule has 0 aliphatic rings. The quantitative estimate of drug-likeness (QED) is 0.0222. The van der Waals surface area contributed by atoms with Crippen LogP contribution in [0.3, 0.4) is 0 Å². The third-order valence-electron chi connectivity index (χ3n) is 19.1. The van der Waals surface area contributed by atoms with Crippen molar-refractivity contribution < 1.29 is 80.2 Å². The summed E-state index contributed by atoms with van der Waals surface area (Å²) in [5.74, 6) is -0.574. The molecular weight excluding hydrogens is 1290 g/mol. The average Bonchev–Trinajstić information content (AvgIpc) is 0.967. The minimum Gasteiger partial charge on any atom is -0.462 e. The van der Waals surface area contributed by atoms with Crippen molar-refractivity contribution in [2.45, 2.75) is 439 Å². The van der Waals surface area contributed by atoms with Gasteiger partial charge in [0.1, 0.15) is 19.3 Å². The van der Waals surface area contributed by atoms with E-state index in [-0.39, 0.29) is 25.7 Å². The van der Waals surface area contributed by atoms with Gasteiger partial charge in [0.15, 0.2) is 12.2 Å². The molecule has 6 atom stereocenters. The van der Waals surface area contributed by atoms with Crippen LogP contribution in [0.5, 0.6) is 0 Å². The SMILES string of the molecule is CCCCCCCCCCCCCCCCCCCCCCC(=O)O[C@H](COC(=O)CCCCCCCCCCCCCCCCCC(C)C)COP(=O)(O)OC[C@@H](O)COP(=O)(O)OC[C@@H](COC(=O)CCCCCCCCC(C)CC)OC(=O)CCCCCCCCCCCCC. The molecule has 0 radical (unpaired) electrons. The lowest BCUT2D eigenvalue weighted by atomic mass is 10.00. The maximum Gasteiger partial charge on any atom is 0.472 e. The van der Waals surface area contributed by atoms with E-state index in [9.17, 15) is 43.2 Å². The second-order valence-electron chi connectivity index (χ2n) is 29.5. The number of aliphatic hydroxyl groups is 1. The molecular formula is C80H156O17P2. The molecule has 3 N–H and O–H groups in total. The Morgan fingerprint density at radius 2 is 0.515 bits per heavy atom. The highest BCUT2D eigenvalue weighted by Crippen LogP contribution is 2.45. The Kier molecular flexibility index (Phi) is 70.3. The first kappa shape index (κ1) is 97.1. The molecule has 3 unspecified atom stereocenters. The Hall–Kier alpha value is -1.94. The number of carbonyl (C=O) groups is 4. The van der Waals surface area contributed by atoms with Gasteiger partial charge in [-0.05, 0) is 37.5 Å². The molecule has 0 aromatic carbocycles. The van der Waals surface area contributed by atoms with Gasteiger partial charge in [-0.3, -0.25) is 37.3 Å². The van der Waals surface area contributed by atoms with Gasteiger partial charge in [-0.25, -0.2) is 9.13 Å². The van der Waals surface area contributed by atoms with Gasteiger partial charge >= 0.3 is 39.5 Å². The van der Waals surface area contributed by atoms with Crippen molar-refractivity contribution in [1.29, 1.82) is 0 Å². The number of rotatable bonds is 79. The maximum absolute atomic E-state index is 13.1. The summed E-state index contributed by atoms with van der Waals surface area (Å²) < 4.78 is 68.6. The molecule has 0 aliphatic carbocycles. The van der Waals surface area contributed by atoms with Gasteiger partial charge in [-0.2, -0.15) is 0 Å². The smallest absolute Gasteiger partial charge is 0.462 e. The summed E-state index contributed by atoms with van der Waals surface area (Å²) in [5, 5.41) is 10.6. The lowest BCUT2D eigenvalue weighted by molar-refractivity contribution is -0.161. The predicted molar refractivity (Wildman–Crippen MR) is 405 cm³/mol. The molecule has 19 heteroatoms. The van der Waals surface area contributed by atoms with Crippen molar-refractivity contribution >= 4 is 39.5 Å². The zero-order valence-electron chi connectivity index (χ0n) is 64.8. The minimum atomic E-state index is -4.96. The number of ether oxygens (including phenoxy) is 4. The molecule has 0 fully saturated rings. The van der Waals surface area contributed by atoms with Crippen molar-refractivity contribution in [3.05, 3.63) is 0 Å².